The SMILES string of the molecule is CC1(c2ccccc2)NC(=O)N(NC(=O)CSc2nc3cc(Cl)ccc3c(=O)n2CC2CCCO2)C1=O. The van der Waals surface area contributed by atoms with Gasteiger partial charge >= 0.3 is 6.03 Å². The van der Waals surface area contributed by atoms with Gasteiger partial charge in [0.2, 0.25) is 5.91 Å². The van der Waals surface area contributed by atoms with E-state index in [-0.39, 0.29) is 17.4 Å². The van der Waals surface area contributed by atoms with E-state index in [9.17, 15) is 19.2 Å². The van der Waals surface area contributed by atoms with Crippen molar-refractivity contribution in [2.75, 3.05) is 12.4 Å². The van der Waals surface area contributed by atoms with E-state index < -0.39 is 23.4 Å². The van der Waals surface area contributed by atoms with Gasteiger partial charge in [-0.25, -0.2) is 9.78 Å². The van der Waals surface area contributed by atoms with Crippen LogP contribution in [0, 0.1) is 0 Å². The van der Waals surface area contributed by atoms with Crippen molar-refractivity contribution in [3.8, 4) is 0 Å². The zero-order valence-corrected chi connectivity index (χ0v) is 21.5. The maximum atomic E-state index is 13.3. The fraction of sp³-hybridized carbons (Fsp3) is 0.320. The Hall–Kier alpha value is -3.41. The number of nitrogens with zero attached hydrogens (tertiary/aromatic N) is 3. The molecule has 1 aromatic heterocycles. The summed E-state index contributed by atoms with van der Waals surface area (Å²) in [5, 5.41) is 4.49. The van der Waals surface area contributed by atoms with Crippen molar-refractivity contribution in [2.45, 2.75) is 43.1 Å². The fourth-order valence-electron chi connectivity index (χ4n) is 4.43. The summed E-state index contributed by atoms with van der Waals surface area (Å²) in [5.41, 5.74) is 1.82. The van der Waals surface area contributed by atoms with Crippen LogP contribution < -0.4 is 16.3 Å². The van der Waals surface area contributed by atoms with Gasteiger partial charge in [-0.05, 0) is 43.5 Å². The van der Waals surface area contributed by atoms with Gasteiger partial charge < -0.3 is 10.1 Å². The molecule has 0 bridgehead atoms. The number of hydrazine groups is 1. The van der Waals surface area contributed by atoms with E-state index in [1.807, 2.05) is 0 Å². The zero-order valence-electron chi connectivity index (χ0n) is 19.9. The lowest BCUT2D eigenvalue weighted by Crippen LogP contribution is -2.48. The van der Waals surface area contributed by atoms with Crippen LogP contribution in [-0.4, -0.2) is 50.9 Å². The molecular weight excluding hydrogens is 518 g/mol. The van der Waals surface area contributed by atoms with Crippen molar-refractivity contribution >= 4 is 52.1 Å². The highest BCUT2D eigenvalue weighted by atomic mass is 35.5. The number of rotatable bonds is 7. The number of thioether (sulfide) groups is 1. The zero-order chi connectivity index (χ0) is 26.2. The van der Waals surface area contributed by atoms with Crippen molar-refractivity contribution in [3.63, 3.8) is 0 Å². The predicted molar refractivity (Wildman–Crippen MR) is 138 cm³/mol. The van der Waals surface area contributed by atoms with Crippen molar-refractivity contribution in [1.29, 1.82) is 0 Å². The van der Waals surface area contributed by atoms with E-state index in [1.165, 1.54) is 4.57 Å². The summed E-state index contributed by atoms with van der Waals surface area (Å²) in [5.74, 6) is -1.39. The number of nitrogens with one attached hydrogen (secondary N) is 2. The number of benzene rings is 2. The monoisotopic (exact) mass is 541 g/mol. The Labute approximate surface area is 221 Å². The van der Waals surface area contributed by atoms with Crippen LogP contribution in [0.15, 0.2) is 58.5 Å². The van der Waals surface area contributed by atoms with Gasteiger partial charge in [-0.2, -0.15) is 5.01 Å². The van der Waals surface area contributed by atoms with Crippen LogP contribution >= 0.6 is 23.4 Å². The third-order valence-electron chi connectivity index (χ3n) is 6.40. The number of hydrogen-bond acceptors (Lipinski definition) is 7. The Morgan fingerprint density at radius 3 is 2.76 bits per heavy atom. The quantitative estimate of drug-likeness (QED) is 0.268. The highest BCUT2D eigenvalue weighted by Crippen LogP contribution is 2.28. The number of amides is 4. The Balaban J connectivity index is 1.34. The van der Waals surface area contributed by atoms with Crippen molar-refractivity contribution in [2.24, 2.45) is 0 Å². The van der Waals surface area contributed by atoms with E-state index >= 15 is 0 Å². The van der Waals surface area contributed by atoms with Gasteiger partial charge in [0.05, 0.1) is 29.3 Å². The molecule has 192 valence electrons. The summed E-state index contributed by atoms with van der Waals surface area (Å²) in [7, 11) is 0. The van der Waals surface area contributed by atoms with Crippen LogP contribution in [0.25, 0.3) is 10.9 Å². The smallest absolute Gasteiger partial charge is 0.344 e. The molecule has 2 atom stereocenters. The largest absolute Gasteiger partial charge is 0.376 e. The van der Waals surface area contributed by atoms with Gasteiger partial charge in [-0.3, -0.25) is 24.4 Å². The number of halogens is 1. The first kappa shape index (κ1) is 25.2. The fourth-order valence-corrected chi connectivity index (χ4v) is 5.40. The molecule has 2 aromatic carbocycles. The number of fused-ring (bicyclic) bond motifs is 1. The molecule has 0 spiro atoms. The van der Waals surface area contributed by atoms with Crippen LogP contribution in [0.2, 0.25) is 5.02 Å². The second-order valence-corrected chi connectivity index (χ2v) is 10.4. The molecule has 12 heteroatoms. The van der Waals surface area contributed by atoms with Gasteiger partial charge in [0.1, 0.15) is 5.54 Å². The molecule has 37 heavy (non-hydrogen) atoms. The lowest BCUT2D eigenvalue weighted by molar-refractivity contribution is -0.138. The van der Waals surface area contributed by atoms with E-state index in [0.29, 0.717) is 44.8 Å². The first-order chi connectivity index (χ1) is 17.8. The number of urea groups is 1. The van der Waals surface area contributed by atoms with Crippen LogP contribution in [-0.2, 0) is 26.4 Å². The molecule has 2 unspecified atom stereocenters. The first-order valence-corrected chi connectivity index (χ1v) is 13.1. The topological polar surface area (TPSA) is 123 Å². The van der Waals surface area contributed by atoms with E-state index in [0.717, 1.165) is 24.6 Å². The second-order valence-electron chi connectivity index (χ2n) is 8.99. The van der Waals surface area contributed by atoms with Gasteiger partial charge in [0, 0.05) is 11.6 Å². The third kappa shape index (κ3) is 4.94. The van der Waals surface area contributed by atoms with Crippen LogP contribution in [0.1, 0.15) is 25.3 Å². The van der Waals surface area contributed by atoms with Gasteiger partial charge in [0.25, 0.3) is 11.5 Å². The molecule has 5 rings (SSSR count). The highest BCUT2D eigenvalue weighted by molar-refractivity contribution is 7.99. The van der Waals surface area contributed by atoms with E-state index in [2.05, 4.69) is 15.7 Å². The molecule has 4 amide bonds. The highest BCUT2D eigenvalue weighted by Gasteiger charge is 2.49. The molecule has 2 N–H and O–H groups in total. The van der Waals surface area contributed by atoms with Crippen LogP contribution in [0.4, 0.5) is 4.79 Å². The summed E-state index contributed by atoms with van der Waals surface area (Å²) in [4.78, 5) is 56.2. The summed E-state index contributed by atoms with van der Waals surface area (Å²) >= 11 is 7.13. The van der Waals surface area contributed by atoms with Gasteiger partial charge in [-0.15, -0.1) is 0 Å². The standard InChI is InChI=1S/C25H24ClN5O5S/c1-25(15-6-3-2-4-7-15)22(34)31(23(35)28-25)29-20(32)14-37-24-27-19-12-16(26)9-10-18(19)21(33)30(24)13-17-8-5-11-36-17/h2-4,6-7,9-10,12,17H,5,8,11,13-14H2,1H3,(H,28,35)(H,29,32). The molecule has 10 nitrogen and oxygen atoms in total. The maximum Gasteiger partial charge on any atom is 0.344 e. The average Bonchev–Trinajstić information content (AvgIpc) is 3.48. The number of aromatic nitrogens is 2. The third-order valence-corrected chi connectivity index (χ3v) is 7.61. The molecule has 2 aliphatic heterocycles. The molecule has 3 aromatic rings. The Morgan fingerprint density at radius 1 is 1.24 bits per heavy atom. The number of imide groups is 1. The Morgan fingerprint density at radius 2 is 2.03 bits per heavy atom. The molecule has 2 saturated heterocycles. The maximum absolute atomic E-state index is 13.3. The average molecular weight is 542 g/mol. The number of ether oxygens (including phenoxy) is 1. The number of carbonyl (C=O) groups excluding carboxylic acids is 3. The van der Waals surface area contributed by atoms with Crippen LogP contribution in [0.3, 0.4) is 0 Å². The predicted octanol–water partition coefficient (Wildman–Crippen LogP) is 2.82. The Kier molecular flexibility index (Phi) is 6.93. The lowest BCUT2D eigenvalue weighted by Gasteiger charge is -2.22. The molecule has 3 heterocycles. The summed E-state index contributed by atoms with van der Waals surface area (Å²) in [6.45, 7) is 2.52. The van der Waals surface area contributed by atoms with Gasteiger partial charge in [-0.1, -0.05) is 53.7 Å². The minimum Gasteiger partial charge on any atom is -0.376 e. The number of carbonyl (C=O) groups is 3. The van der Waals surface area contributed by atoms with Crippen molar-refractivity contribution in [3.05, 3.63) is 69.5 Å². The molecule has 0 saturated carbocycles. The molecule has 2 fully saturated rings. The minimum absolute atomic E-state index is 0.126. The normalized spacial score (nSPS) is 21.5. The summed E-state index contributed by atoms with van der Waals surface area (Å²) in [6.07, 6.45) is 1.61. The van der Waals surface area contributed by atoms with E-state index in [1.54, 1.807) is 55.5 Å². The van der Waals surface area contributed by atoms with Crippen molar-refractivity contribution < 1.29 is 19.1 Å². The minimum atomic E-state index is -1.31. The Bertz CT molecular complexity index is 1440. The molecule has 2 aliphatic rings. The summed E-state index contributed by atoms with van der Waals surface area (Å²) < 4.78 is 7.21. The molecular formula is C25H24ClN5O5S. The first-order valence-electron chi connectivity index (χ1n) is 11.7. The second kappa shape index (κ2) is 10.2. The number of hydrogen-bond donors (Lipinski definition) is 2. The molecule has 0 aliphatic carbocycles. The van der Waals surface area contributed by atoms with Crippen LogP contribution in [0.5, 0.6) is 0 Å². The lowest BCUT2D eigenvalue weighted by atomic mass is 9.92. The van der Waals surface area contributed by atoms with Crippen molar-refractivity contribution in [1.82, 2.24) is 25.3 Å². The molecule has 0 radical (unpaired) electrons. The van der Waals surface area contributed by atoms with E-state index in [4.69, 9.17) is 16.3 Å². The summed E-state index contributed by atoms with van der Waals surface area (Å²) in [6, 6.07) is 12.9. The van der Waals surface area contributed by atoms with Gasteiger partial charge in [0.15, 0.2) is 5.16 Å².